The Morgan fingerprint density at radius 1 is 1.12 bits per heavy atom. The Bertz CT molecular complexity index is 1350. The van der Waals surface area contributed by atoms with Crippen LogP contribution in [0.2, 0.25) is 0 Å². The zero-order chi connectivity index (χ0) is 25.4. The van der Waals surface area contributed by atoms with Gasteiger partial charge in [0, 0.05) is 27.2 Å². The Kier molecular flexibility index (Phi) is 7.10. The molecule has 0 aliphatic carbocycles. The van der Waals surface area contributed by atoms with E-state index in [2.05, 4.69) is 0 Å². The zero-order valence-corrected chi connectivity index (χ0v) is 20.0. The van der Waals surface area contributed by atoms with Crippen LogP contribution in [0.15, 0.2) is 38.8 Å². The van der Waals surface area contributed by atoms with Gasteiger partial charge in [-0.25, -0.2) is 18.0 Å². The van der Waals surface area contributed by atoms with Crippen molar-refractivity contribution in [2.24, 2.45) is 14.1 Å². The molecule has 184 valence electrons. The second-order valence-electron chi connectivity index (χ2n) is 8.07. The molecule has 1 aromatic heterocycles. The van der Waals surface area contributed by atoms with E-state index in [4.69, 9.17) is 15.2 Å². The number of anilines is 1. The molecule has 13 heteroatoms. The normalized spacial score (nSPS) is 19.1. The molecule has 2 heterocycles. The van der Waals surface area contributed by atoms with E-state index in [9.17, 15) is 27.6 Å². The van der Waals surface area contributed by atoms with Gasteiger partial charge in [0.1, 0.15) is 11.4 Å². The topological polar surface area (TPSA) is 160 Å². The number of nitrogens with zero attached hydrogens (tertiary/aromatic N) is 3. The fourth-order valence-electron chi connectivity index (χ4n) is 3.67. The molecule has 1 aromatic carbocycles. The first-order valence-corrected chi connectivity index (χ1v) is 11.8. The summed E-state index contributed by atoms with van der Waals surface area (Å²) in [5.41, 5.74) is 3.54. The van der Waals surface area contributed by atoms with Crippen molar-refractivity contribution >= 4 is 27.6 Å². The maximum absolute atomic E-state index is 13.1. The smallest absolute Gasteiger partial charge is 0.338 e. The molecule has 0 radical (unpaired) electrons. The van der Waals surface area contributed by atoms with Crippen LogP contribution < -0.4 is 17.0 Å². The van der Waals surface area contributed by atoms with Gasteiger partial charge in [0.05, 0.1) is 22.7 Å². The highest BCUT2D eigenvalue weighted by Gasteiger charge is 2.32. The molecule has 3 rings (SSSR count). The molecule has 34 heavy (non-hydrogen) atoms. The molecule has 1 aliphatic rings. The summed E-state index contributed by atoms with van der Waals surface area (Å²) < 4.78 is 39.6. The number of benzene rings is 1. The van der Waals surface area contributed by atoms with Crippen LogP contribution in [-0.2, 0) is 33.6 Å². The van der Waals surface area contributed by atoms with Crippen LogP contribution in [0.25, 0.3) is 0 Å². The van der Waals surface area contributed by atoms with E-state index >= 15 is 0 Å². The quantitative estimate of drug-likeness (QED) is 0.412. The van der Waals surface area contributed by atoms with Gasteiger partial charge in [0.2, 0.25) is 15.8 Å². The molecule has 2 N–H and O–H groups in total. The summed E-state index contributed by atoms with van der Waals surface area (Å²) >= 11 is 0. The van der Waals surface area contributed by atoms with Crippen LogP contribution in [0.5, 0.6) is 0 Å². The number of morpholine rings is 1. The number of carbonyl (C=O) groups excluding carboxylic acids is 2. The van der Waals surface area contributed by atoms with Gasteiger partial charge in [0.25, 0.3) is 5.56 Å². The fraction of sp³-hybridized carbons (Fsp3) is 0.429. The van der Waals surface area contributed by atoms with Crippen molar-refractivity contribution in [3.63, 3.8) is 0 Å². The van der Waals surface area contributed by atoms with E-state index in [-0.39, 0.29) is 41.6 Å². The molecule has 2 aromatic rings. The van der Waals surface area contributed by atoms with E-state index in [1.165, 1.54) is 36.6 Å². The predicted octanol–water partition coefficient (Wildman–Crippen LogP) is -0.496. The van der Waals surface area contributed by atoms with Crippen molar-refractivity contribution < 1.29 is 27.5 Å². The van der Waals surface area contributed by atoms with E-state index in [0.717, 1.165) is 10.6 Å². The van der Waals surface area contributed by atoms with E-state index < -0.39 is 45.2 Å². The minimum absolute atomic E-state index is 0.0930. The fourth-order valence-corrected chi connectivity index (χ4v) is 5.31. The number of ketones is 1. The number of carbonyl (C=O) groups is 2. The third-order valence-electron chi connectivity index (χ3n) is 5.42. The van der Waals surface area contributed by atoms with Gasteiger partial charge >= 0.3 is 11.7 Å². The number of rotatable bonds is 6. The molecular formula is C21H26N4O8S. The van der Waals surface area contributed by atoms with Crippen LogP contribution in [0.3, 0.4) is 0 Å². The lowest BCUT2D eigenvalue weighted by atomic mass is 10.2. The van der Waals surface area contributed by atoms with Crippen molar-refractivity contribution in [1.29, 1.82) is 0 Å². The lowest BCUT2D eigenvalue weighted by Crippen LogP contribution is -2.48. The lowest BCUT2D eigenvalue weighted by Gasteiger charge is -2.34. The standard InChI is InChI=1S/C21H26N4O8S/c1-12-9-25(10-13(2)33-12)34(30,31)15-7-5-6-14(8-15)20(28)32-11-16(26)17-18(22)23(3)21(29)24(4)19(17)27/h5-8,12-13H,9-11,22H2,1-4H3. The first-order chi connectivity index (χ1) is 15.8. The van der Waals surface area contributed by atoms with Crippen LogP contribution in [0, 0.1) is 0 Å². The Morgan fingerprint density at radius 2 is 1.74 bits per heavy atom. The molecule has 1 aliphatic heterocycles. The van der Waals surface area contributed by atoms with Crippen molar-refractivity contribution in [2.75, 3.05) is 25.4 Å². The highest BCUT2D eigenvalue weighted by molar-refractivity contribution is 7.89. The average Bonchev–Trinajstić information content (AvgIpc) is 2.79. The maximum Gasteiger partial charge on any atom is 0.338 e. The van der Waals surface area contributed by atoms with Crippen LogP contribution in [0.4, 0.5) is 5.82 Å². The van der Waals surface area contributed by atoms with Crippen molar-refractivity contribution in [1.82, 2.24) is 13.4 Å². The number of hydrogen-bond acceptors (Lipinski definition) is 9. The van der Waals surface area contributed by atoms with Crippen molar-refractivity contribution in [3.8, 4) is 0 Å². The van der Waals surface area contributed by atoms with E-state index in [0.29, 0.717) is 4.57 Å². The molecule has 2 unspecified atom stereocenters. The number of hydrogen-bond donors (Lipinski definition) is 1. The summed E-state index contributed by atoms with van der Waals surface area (Å²) in [4.78, 5) is 49.1. The second kappa shape index (κ2) is 9.52. The lowest BCUT2D eigenvalue weighted by molar-refractivity contribution is -0.0440. The Morgan fingerprint density at radius 3 is 2.35 bits per heavy atom. The van der Waals surface area contributed by atoms with Gasteiger partial charge in [-0.15, -0.1) is 0 Å². The monoisotopic (exact) mass is 494 g/mol. The number of esters is 1. The second-order valence-corrected chi connectivity index (χ2v) is 10.0. The van der Waals surface area contributed by atoms with Crippen LogP contribution in [-0.4, -0.2) is 65.5 Å². The number of ether oxygens (including phenoxy) is 2. The van der Waals surface area contributed by atoms with Crippen LogP contribution in [0.1, 0.15) is 34.6 Å². The molecule has 0 bridgehead atoms. The van der Waals surface area contributed by atoms with Gasteiger partial charge in [-0.05, 0) is 32.0 Å². The predicted molar refractivity (Wildman–Crippen MR) is 121 cm³/mol. The minimum atomic E-state index is -3.90. The van der Waals surface area contributed by atoms with E-state index in [1.807, 2.05) is 0 Å². The third kappa shape index (κ3) is 4.81. The first kappa shape index (κ1) is 25.3. The number of nitrogens with two attached hydrogens (primary N) is 1. The zero-order valence-electron chi connectivity index (χ0n) is 19.2. The molecule has 1 saturated heterocycles. The average molecular weight is 495 g/mol. The van der Waals surface area contributed by atoms with Gasteiger partial charge in [-0.2, -0.15) is 4.31 Å². The van der Waals surface area contributed by atoms with E-state index in [1.54, 1.807) is 13.8 Å². The number of sulfonamides is 1. The highest BCUT2D eigenvalue weighted by Crippen LogP contribution is 2.22. The Balaban J connectivity index is 1.79. The molecule has 0 amide bonds. The summed E-state index contributed by atoms with van der Waals surface area (Å²) in [5.74, 6) is -2.22. The largest absolute Gasteiger partial charge is 0.454 e. The SMILES string of the molecule is CC1CN(S(=O)(=O)c2cccc(C(=O)OCC(=O)c3c(N)n(C)c(=O)n(C)c3=O)c2)CC(C)O1. The summed E-state index contributed by atoms with van der Waals surface area (Å²) in [6.07, 6.45) is -0.564. The molecule has 12 nitrogen and oxygen atoms in total. The van der Waals surface area contributed by atoms with Crippen LogP contribution >= 0.6 is 0 Å². The third-order valence-corrected chi connectivity index (χ3v) is 7.24. The summed E-state index contributed by atoms with van der Waals surface area (Å²) in [7, 11) is -1.41. The summed E-state index contributed by atoms with van der Waals surface area (Å²) in [6, 6.07) is 5.25. The van der Waals surface area contributed by atoms with Gasteiger partial charge in [-0.1, -0.05) is 6.07 Å². The molecule has 0 spiro atoms. The highest BCUT2D eigenvalue weighted by atomic mass is 32.2. The van der Waals surface area contributed by atoms with Gasteiger partial charge in [-0.3, -0.25) is 18.7 Å². The number of Topliss-reactive ketones (excluding diaryl/α,β-unsaturated/α-hetero) is 1. The maximum atomic E-state index is 13.1. The first-order valence-electron chi connectivity index (χ1n) is 10.4. The van der Waals surface area contributed by atoms with Gasteiger partial charge in [0.15, 0.2) is 6.61 Å². The minimum Gasteiger partial charge on any atom is -0.454 e. The summed E-state index contributed by atoms with van der Waals surface area (Å²) in [6.45, 7) is 3.06. The van der Waals surface area contributed by atoms with Gasteiger partial charge < -0.3 is 15.2 Å². The van der Waals surface area contributed by atoms with Crippen molar-refractivity contribution in [2.45, 2.75) is 31.0 Å². The Hall–Kier alpha value is -3.29. The molecular weight excluding hydrogens is 468 g/mol. The Labute approximate surface area is 195 Å². The molecule has 0 saturated carbocycles. The summed E-state index contributed by atoms with van der Waals surface area (Å²) in [5, 5.41) is 0. The molecule has 2 atom stereocenters. The molecule has 1 fully saturated rings. The number of aromatic nitrogens is 2. The number of nitrogen functional groups attached to an aromatic ring is 1. The van der Waals surface area contributed by atoms with Crippen molar-refractivity contribution in [3.05, 3.63) is 56.2 Å².